The van der Waals surface area contributed by atoms with Crippen LogP contribution in [0.2, 0.25) is 0 Å². The van der Waals surface area contributed by atoms with E-state index in [1.165, 1.54) is 7.11 Å². The number of ether oxygens (including phenoxy) is 1. The molecule has 0 aliphatic heterocycles. The van der Waals surface area contributed by atoms with Crippen molar-refractivity contribution < 1.29 is 24.2 Å². The highest BCUT2D eigenvalue weighted by atomic mass is 16.5. The van der Waals surface area contributed by atoms with E-state index >= 15 is 0 Å². The summed E-state index contributed by atoms with van der Waals surface area (Å²) >= 11 is 0. The minimum Gasteiger partial charge on any atom is -0.481 e. The average molecular weight is 288 g/mol. The van der Waals surface area contributed by atoms with Gasteiger partial charge >= 0.3 is 5.97 Å². The zero-order chi connectivity index (χ0) is 15.6. The zero-order valence-corrected chi connectivity index (χ0v) is 12.3. The normalized spacial score (nSPS) is 13.3. The van der Waals surface area contributed by atoms with Gasteiger partial charge in [-0.25, -0.2) is 0 Å². The molecule has 0 rings (SSSR count). The molecule has 0 saturated carbocycles. The van der Waals surface area contributed by atoms with E-state index < -0.39 is 11.5 Å². The van der Waals surface area contributed by atoms with E-state index in [2.05, 4.69) is 10.6 Å². The van der Waals surface area contributed by atoms with Crippen LogP contribution in [0.1, 0.15) is 39.5 Å². The maximum atomic E-state index is 11.8. The summed E-state index contributed by atoms with van der Waals surface area (Å²) in [4.78, 5) is 33.9. The molecule has 116 valence electrons. The summed E-state index contributed by atoms with van der Waals surface area (Å²) in [7, 11) is 1.43. The first-order chi connectivity index (χ1) is 9.33. The molecule has 0 aliphatic carbocycles. The van der Waals surface area contributed by atoms with Gasteiger partial charge in [0.1, 0.15) is 0 Å². The molecule has 1 unspecified atom stereocenters. The van der Waals surface area contributed by atoms with Crippen LogP contribution >= 0.6 is 0 Å². The molecule has 0 fully saturated rings. The predicted molar refractivity (Wildman–Crippen MR) is 73.2 cm³/mol. The van der Waals surface area contributed by atoms with Gasteiger partial charge in [0, 0.05) is 26.5 Å². The molecule has 0 spiro atoms. The SMILES string of the molecule is CCCNC(=O)CCC(=O)NC(C)(COC)CC(=O)O. The van der Waals surface area contributed by atoms with Gasteiger partial charge in [0.05, 0.1) is 18.6 Å². The van der Waals surface area contributed by atoms with Crippen molar-refractivity contribution in [2.45, 2.75) is 45.1 Å². The molecule has 2 amide bonds. The summed E-state index contributed by atoms with van der Waals surface area (Å²) in [6, 6.07) is 0. The lowest BCUT2D eigenvalue weighted by Gasteiger charge is -2.28. The first-order valence-electron chi connectivity index (χ1n) is 6.61. The number of nitrogens with one attached hydrogen (secondary N) is 2. The molecule has 0 aromatic carbocycles. The molecule has 0 heterocycles. The third-order valence-corrected chi connectivity index (χ3v) is 2.60. The minimum atomic E-state index is -1.02. The van der Waals surface area contributed by atoms with Crippen LogP contribution in [0.25, 0.3) is 0 Å². The van der Waals surface area contributed by atoms with Gasteiger partial charge in [-0.3, -0.25) is 14.4 Å². The van der Waals surface area contributed by atoms with Gasteiger partial charge in [-0.1, -0.05) is 6.92 Å². The van der Waals surface area contributed by atoms with Crippen molar-refractivity contribution in [1.29, 1.82) is 0 Å². The fourth-order valence-electron chi connectivity index (χ4n) is 1.76. The second-order valence-corrected chi connectivity index (χ2v) is 4.96. The molecule has 0 radical (unpaired) electrons. The second-order valence-electron chi connectivity index (χ2n) is 4.96. The van der Waals surface area contributed by atoms with Crippen molar-refractivity contribution in [1.82, 2.24) is 10.6 Å². The Bertz CT molecular complexity index is 346. The maximum absolute atomic E-state index is 11.8. The van der Waals surface area contributed by atoms with Crippen LogP contribution in [0.4, 0.5) is 0 Å². The van der Waals surface area contributed by atoms with E-state index in [-0.39, 0.29) is 37.7 Å². The van der Waals surface area contributed by atoms with Crippen molar-refractivity contribution >= 4 is 17.8 Å². The van der Waals surface area contributed by atoms with Crippen molar-refractivity contribution in [2.75, 3.05) is 20.3 Å². The monoisotopic (exact) mass is 288 g/mol. The molecule has 1 atom stereocenters. The number of carboxylic acid groups (broad SMARTS) is 1. The van der Waals surface area contributed by atoms with Crippen LogP contribution in [-0.4, -0.2) is 48.7 Å². The number of methoxy groups -OCH3 is 1. The van der Waals surface area contributed by atoms with Gasteiger partial charge in [-0.2, -0.15) is 0 Å². The Kier molecular flexibility index (Phi) is 8.54. The van der Waals surface area contributed by atoms with Crippen molar-refractivity contribution in [3.63, 3.8) is 0 Å². The number of carboxylic acids is 1. The molecule has 20 heavy (non-hydrogen) atoms. The Labute approximate surface area is 119 Å². The summed E-state index contributed by atoms with van der Waals surface area (Å²) in [5.41, 5.74) is -0.975. The lowest BCUT2D eigenvalue weighted by molar-refractivity contribution is -0.140. The largest absolute Gasteiger partial charge is 0.481 e. The number of carbonyl (C=O) groups excluding carboxylic acids is 2. The van der Waals surface area contributed by atoms with Crippen molar-refractivity contribution in [3.8, 4) is 0 Å². The molecule has 3 N–H and O–H groups in total. The molecular formula is C13H24N2O5. The van der Waals surface area contributed by atoms with E-state index in [9.17, 15) is 14.4 Å². The van der Waals surface area contributed by atoms with Gasteiger partial charge in [0.2, 0.25) is 11.8 Å². The summed E-state index contributed by atoms with van der Waals surface area (Å²) in [5.74, 6) is -1.57. The Morgan fingerprint density at radius 1 is 1.20 bits per heavy atom. The van der Waals surface area contributed by atoms with Gasteiger partial charge < -0.3 is 20.5 Å². The number of hydrogen-bond donors (Lipinski definition) is 3. The zero-order valence-electron chi connectivity index (χ0n) is 12.3. The molecule has 0 aromatic rings. The number of rotatable bonds is 10. The van der Waals surface area contributed by atoms with E-state index in [1.807, 2.05) is 6.92 Å². The maximum Gasteiger partial charge on any atom is 0.305 e. The fraction of sp³-hybridized carbons (Fsp3) is 0.769. The molecule has 0 aromatic heterocycles. The summed E-state index contributed by atoms with van der Waals surface area (Å²) < 4.78 is 4.93. The first-order valence-corrected chi connectivity index (χ1v) is 6.61. The van der Waals surface area contributed by atoms with Gasteiger partial charge in [-0.05, 0) is 13.3 Å². The van der Waals surface area contributed by atoms with E-state index in [0.29, 0.717) is 6.54 Å². The van der Waals surface area contributed by atoms with Crippen LogP contribution in [0.3, 0.4) is 0 Å². The third-order valence-electron chi connectivity index (χ3n) is 2.60. The molecule has 7 heteroatoms. The van der Waals surface area contributed by atoms with E-state index in [0.717, 1.165) is 6.42 Å². The number of amides is 2. The Morgan fingerprint density at radius 2 is 1.80 bits per heavy atom. The van der Waals surface area contributed by atoms with Gasteiger partial charge in [-0.15, -0.1) is 0 Å². The summed E-state index contributed by atoms with van der Waals surface area (Å²) in [5, 5.41) is 14.1. The second kappa shape index (κ2) is 9.30. The summed E-state index contributed by atoms with van der Waals surface area (Å²) in [6.07, 6.45) is 0.702. The Hall–Kier alpha value is -1.63. The van der Waals surface area contributed by atoms with Crippen LogP contribution in [0.5, 0.6) is 0 Å². The summed E-state index contributed by atoms with van der Waals surface area (Å²) in [6.45, 7) is 4.21. The van der Waals surface area contributed by atoms with Crippen LogP contribution < -0.4 is 10.6 Å². The lowest BCUT2D eigenvalue weighted by atomic mass is 9.98. The fourth-order valence-corrected chi connectivity index (χ4v) is 1.76. The topological polar surface area (TPSA) is 105 Å². The minimum absolute atomic E-state index is 0.0223. The van der Waals surface area contributed by atoms with E-state index in [1.54, 1.807) is 6.92 Å². The first kappa shape index (κ1) is 18.4. The van der Waals surface area contributed by atoms with Crippen LogP contribution in [-0.2, 0) is 19.1 Å². The lowest BCUT2D eigenvalue weighted by Crippen LogP contribution is -2.50. The molecule has 0 aliphatic rings. The molecule has 7 nitrogen and oxygen atoms in total. The smallest absolute Gasteiger partial charge is 0.305 e. The predicted octanol–water partition coefficient (Wildman–Crippen LogP) is 0.289. The number of aliphatic carboxylic acids is 1. The number of carbonyl (C=O) groups is 3. The molecule has 0 saturated heterocycles. The Morgan fingerprint density at radius 3 is 2.30 bits per heavy atom. The highest BCUT2D eigenvalue weighted by molar-refractivity contribution is 5.84. The Balaban J connectivity index is 4.26. The molecular weight excluding hydrogens is 264 g/mol. The van der Waals surface area contributed by atoms with Crippen LogP contribution in [0, 0.1) is 0 Å². The standard InChI is InChI=1S/C13H24N2O5/c1-4-7-14-10(16)5-6-11(17)15-13(2,9-20-3)8-12(18)19/h4-9H2,1-3H3,(H,14,16)(H,15,17)(H,18,19). The quantitative estimate of drug-likeness (QED) is 0.536. The van der Waals surface area contributed by atoms with Gasteiger partial charge in [0.25, 0.3) is 0 Å². The highest BCUT2D eigenvalue weighted by Crippen LogP contribution is 2.11. The third kappa shape index (κ3) is 8.47. The number of hydrogen-bond acceptors (Lipinski definition) is 4. The average Bonchev–Trinajstić information content (AvgIpc) is 2.32. The van der Waals surface area contributed by atoms with Crippen LogP contribution in [0.15, 0.2) is 0 Å². The highest BCUT2D eigenvalue weighted by Gasteiger charge is 2.29. The van der Waals surface area contributed by atoms with Gasteiger partial charge in [0.15, 0.2) is 0 Å². The van der Waals surface area contributed by atoms with E-state index in [4.69, 9.17) is 9.84 Å². The molecule has 0 bridgehead atoms. The van der Waals surface area contributed by atoms with Crippen molar-refractivity contribution in [2.24, 2.45) is 0 Å². The van der Waals surface area contributed by atoms with Crippen molar-refractivity contribution in [3.05, 3.63) is 0 Å².